The highest BCUT2D eigenvalue weighted by Gasteiger charge is 2.27. The van der Waals surface area contributed by atoms with Gasteiger partial charge in [-0.15, -0.1) is 0 Å². The second-order valence-corrected chi connectivity index (χ2v) is 9.02. The summed E-state index contributed by atoms with van der Waals surface area (Å²) < 4.78 is 0. The van der Waals surface area contributed by atoms with Gasteiger partial charge in [-0.2, -0.15) is 5.26 Å². The fraction of sp³-hybridized carbons (Fsp3) is 0.310. The molecule has 1 unspecified atom stereocenters. The summed E-state index contributed by atoms with van der Waals surface area (Å²) in [7, 11) is 0. The highest BCUT2D eigenvalue weighted by Crippen LogP contribution is 2.30. The molecule has 0 saturated heterocycles. The number of nitrogens with two attached hydrogens (primary N) is 1. The summed E-state index contributed by atoms with van der Waals surface area (Å²) in [5.41, 5.74) is 10.8. The lowest BCUT2D eigenvalue weighted by Crippen LogP contribution is -2.37. The van der Waals surface area contributed by atoms with E-state index in [0.29, 0.717) is 18.0 Å². The molecule has 0 radical (unpaired) electrons. The molecule has 3 N–H and O–H groups in total. The van der Waals surface area contributed by atoms with Crippen LogP contribution in [0.1, 0.15) is 48.4 Å². The van der Waals surface area contributed by atoms with E-state index >= 15 is 0 Å². The van der Waals surface area contributed by atoms with E-state index in [-0.39, 0.29) is 17.9 Å². The second kappa shape index (κ2) is 10.9. The Morgan fingerprint density at radius 2 is 1.64 bits per heavy atom. The SMILES string of the molecule is N#Cc1cccc(-c2cccc(C(Cc3ccccc3)NC(=O)C3CCC(CN)CC3)c2)c1. The molecule has 0 aliphatic heterocycles. The van der Waals surface area contributed by atoms with Gasteiger partial charge in [0.15, 0.2) is 0 Å². The zero-order valence-electron chi connectivity index (χ0n) is 18.9. The fourth-order valence-electron chi connectivity index (χ4n) is 4.76. The summed E-state index contributed by atoms with van der Waals surface area (Å²) in [6.07, 6.45) is 4.61. The third kappa shape index (κ3) is 5.88. The molecule has 1 saturated carbocycles. The van der Waals surface area contributed by atoms with Crippen LogP contribution >= 0.6 is 0 Å². The molecule has 1 atom stereocenters. The fourth-order valence-corrected chi connectivity index (χ4v) is 4.76. The Balaban J connectivity index is 1.58. The van der Waals surface area contributed by atoms with Crippen LogP contribution < -0.4 is 11.1 Å². The molecule has 3 aromatic rings. The zero-order chi connectivity index (χ0) is 23.0. The van der Waals surface area contributed by atoms with Crippen molar-refractivity contribution in [2.75, 3.05) is 6.54 Å². The summed E-state index contributed by atoms with van der Waals surface area (Å²) in [4.78, 5) is 13.2. The summed E-state index contributed by atoms with van der Waals surface area (Å²) in [5.74, 6) is 0.750. The maximum Gasteiger partial charge on any atom is 0.223 e. The van der Waals surface area contributed by atoms with Gasteiger partial charge in [0.05, 0.1) is 17.7 Å². The van der Waals surface area contributed by atoms with Gasteiger partial charge in [0.1, 0.15) is 0 Å². The first kappa shape index (κ1) is 22.8. The molecule has 4 heteroatoms. The van der Waals surface area contributed by atoms with Gasteiger partial charge in [-0.1, -0.05) is 60.7 Å². The van der Waals surface area contributed by atoms with Crippen molar-refractivity contribution in [2.24, 2.45) is 17.6 Å². The molecular formula is C29H31N3O. The summed E-state index contributed by atoms with van der Waals surface area (Å²) >= 11 is 0. The third-order valence-corrected chi connectivity index (χ3v) is 6.76. The third-order valence-electron chi connectivity index (χ3n) is 6.76. The molecule has 0 spiro atoms. The summed E-state index contributed by atoms with van der Waals surface area (Å²) in [6, 6.07) is 28.3. The highest BCUT2D eigenvalue weighted by atomic mass is 16.1. The number of carbonyl (C=O) groups excluding carboxylic acids is 1. The van der Waals surface area contributed by atoms with Crippen LogP contribution in [0.2, 0.25) is 0 Å². The van der Waals surface area contributed by atoms with Gasteiger partial charge in [0.25, 0.3) is 0 Å². The van der Waals surface area contributed by atoms with Crippen molar-refractivity contribution in [1.82, 2.24) is 5.32 Å². The van der Waals surface area contributed by atoms with Crippen molar-refractivity contribution >= 4 is 5.91 Å². The molecule has 1 amide bonds. The molecule has 1 aliphatic carbocycles. The molecule has 33 heavy (non-hydrogen) atoms. The van der Waals surface area contributed by atoms with Crippen molar-refractivity contribution < 1.29 is 4.79 Å². The molecular weight excluding hydrogens is 406 g/mol. The molecule has 0 bridgehead atoms. The topological polar surface area (TPSA) is 78.9 Å². The van der Waals surface area contributed by atoms with Crippen molar-refractivity contribution in [3.8, 4) is 17.2 Å². The van der Waals surface area contributed by atoms with Gasteiger partial charge in [-0.25, -0.2) is 0 Å². The van der Waals surface area contributed by atoms with Gasteiger partial charge in [0, 0.05) is 5.92 Å². The van der Waals surface area contributed by atoms with Crippen LogP contribution in [0.15, 0.2) is 78.9 Å². The van der Waals surface area contributed by atoms with E-state index in [0.717, 1.165) is 48.8 Å². The predicted octanol–water partition coefficient (Wildman–Crippen LogP) is 5.39. The first-order valence-corrected chi connectivity index (χ1v) is 11.8. The number of nitrogens with one attached hydrogen (secondary N) is 1. The average molecular weight is 438 g/mol. The maximum absolute atomic E-state index is 13.2. The Bertz CT molecular complexity index is 1110. The molecule has 3 aromatic carbocycles. The first-order chi connectivity index (χ1) is 16.2. The van der Waals surface area contributed by atoms with E-state index in [2.05, 4.69) is 41.7 Å². The van der Waals surface area contributed by atoms with E-state index in [1.807, 2.05) is 48.5 Å². The lowest BCUT2D eigenvalue weighted by molar-refractivity contribution is -0.127. The van der Waals surface area contributed by atoms with Crippen LogP contribution in [0, 0.1) is 23.2 Å². The summed E-state index contributed by atoms with van der Waals surface area (Å²) in [6.45, 7) is 0.713. The van der Waals surface area contributed by atoms with E-state index < -0.39 is 0 Å². The van der Waals surface area contributed by atoms with Crippen molar-refractivity contribution in [1.29, 1.82) is 5.26 Å². The number of rotatable bonds is 7. The van der Waals surface area contributed by atoms with Gasteiger partial charge in [-0.05, 0) is 85.0 Å². The van der Waals surface area contributed by atoms with Crippen LogP contribution in [-0.2, 0) is 11.2 Å². The van der Waals surface area contributed by atoms with Crippen LogP contribution in [-0.4, -0.2) is 12.5 Å². The highest BCUT2D eigenvalue weighted by molar-refractivity contribution is 5.79. The first-order valence-electron chi connectivity index (χ1n) is 11.8. The maximum atomic E-state index is 13.2. The Labute approximate surface area is 196 Å². The predicted molar refractivity (Wildman–Crippen MR) is 132 cm³/mol. The van der Waals surface area contributed by atoms with E-state index in [4.69, 9.17) is 5.73 Å². The van der Waals surface area contributed by atoms with Gasteiger partial charge < -0.3 is 11.1 Å². The zero-order valence-corrected chi connectivity index (χ0v) is 18.9. The number of nitrogens with zero attached hydrogens (tertiary/aromatic N) is 1. The minimum absolute atomic E-state index is 0.0570. The Hall–Kier alpha value is -3.42. The Kier molecular flexibility index (Phi) is 7.55. The number of carbonyl (C=O) groups is 1. The molecule has 0 heterocycles. The molecule has 4 rings (SSSR count). The Morgan fingerprint density at radius 1 is 0.939 bits per heavy atom. The van der Waals surface area contributed by atoms with Gasteiger partial charge in [0.2, 0.25) is 5.91 Å². The van der Waals surface area contributed by atoms with Crippen molar-refractivity contribution in [2.45, 2.75) is 38.1 Å². The second-order valence-electron chi connectivity index (χ2n) is 9.02. The number of amides is 1. The smallest absolute Gasteiger partial charge is 0.223 e. The van der Waals surface area contributed by atoms with E-state index in [9.17, 15) is 10.1 Å². The van der Waals surface area contributed by atoms with Crippen LogP contribution in [0.4, 0.5) is 0 Å². The molecule has 168 valence electrons. The average Bonchev–Trinajstić information content (AvgIpc) is 2.89. The van der Waals surface area contributed by atoms with Gasteiger partial charge >= 0.3 is 0 Å². The minimum atomic E-state index is -0.119. The van der Waals surface area contributed by atoms with E-state index in [1.165, 1.54) is 5.56 Å². The number of hydrogen-bond acceptors (Lipinski definition) is 3. The summed E-state index contributed by atoms with van der Waals surface area (Å²) in [5, 5.41) is 12.6. The van der Waals surface area contributed by atoms with Crippen LogP contribution in [0.25, 0.3) is 11.1 Å². The number of nitriles is 1. The molecule has 1 fully saturated rings. The van der Waals surface area contributed by atoms with Crippen LogP contribution in [0.5, 0.6) is 0 Å². The number of benzene rings is 3. The van der Waals surface area contributed by atoms with E-state index in [1.54, 1.807) is 0 Å². The standard InChI is InChI=1S/C29H31N3O/c30-19-22-12-14-24(15-13-22)29(33)32-28(17-21-6-2-1-3-7-21)27-11-5-10-26(18-27)25-9-4-8-23(16-25)20-31/h1-11,16,18,22,24,28H,12-15,17,19,30H2,(H,32,33). The lowest BCUT2D eigenvalue weighted by atomic mass is 9.81. The molecule has 4 nitrogen and oxygen atoms in total. The molecule has 1 aliphatic rings. The molecule has 0 aromatic heterocycles. The van der Waals surface area contributed by atoms with Crippen molar-refractivity contribution in [3.05, 3.63) is 95.6 Å². The van der Waals surface area contributed by atoms with Crippen LogP contribution in [0.3, 0.4) is 0 Å². The quantitative estimate of drug-likeness (QED) is 0.520. The number of hydrogen-bond donors (Lipinski definition) is 2. The normalized spacial score (nSPS) is 18.8. The Morgan fingerprint density at radius 3 is 2.33 bits per heavy atom. The minimum Gasteiger partial charge on any atom is -0.349 e. The largest absolute Gasteiger partial charge is 0.349 e. The van der Waals surface area contributed by atoms with Gasteiger partial charge in [-0.3, -0.25) is 4.79 Å². The van der Waals surface area contributed by atoms with Crippen molar-refractivity contribution in [3.63, 3.8) is 0 Å². The lowest BCUT2D eigenvalue weighted by Gasteiger charge is -2.29. The monoisotopic (exact) mass is 437 g/mol.